The van der Waals surface area contributed by atoms with Gasteiger partial charge >= 0.3 is 0 Å². The number of anilines is 1. The number of β-amino-alcohol motifs (C(OH)–C–C–N with tert-alkyl or cyclic N) is 1. The van der Waals surface area contributed by atoms with Crippen molar-refractivity contribution >= 4 is 11.7 Å². The minimum atomic E-state index is -0.376. The van der Waals surface area contributed by atoms with Gasteiger partial charge in [0.2, 0.25) is 5.91 Å². The molecule has 0 saturated carbocycles. The molecule has 0 radical (unpaired) electrons. The summed E-state index contributed by atoms with van der Waals surface area (Å²) < 4.78 is 1.80. The Labute approximate surface area is 152 Å². The van der Waals surface area contributed by atoms with Crippen LogP contribution in [0.5, 0.6) is 0 Å². The van der Waals surface area contributed by atoms with Crippen LogP contribution in [0.3, 0.4) is 0 Å². The van der Waals surface area contributed by atoms with E-state index in [1.54, 1.807) is 41.9 Å². The van der Waals surface area contributed by atoms with E-state index in [0.717, 1.165) is 44.7 Å². The zero-order valence-corrected chi connectivity index (χ0v) is 14.7. The molecule has 4 heterocycles. The predicted molar refractivity (Wildman–Crippen MR) is 95.3 cm³/mol. The highest BCUT2D eigenvalue weighted by molar-refractivity contribution is 5.76. The van der Waals surface area contributed by atoms with Crippen LogP contribution >= 0.6 is 0 Å². The Morgan fingerprint density at radius 3 is 2.77 bits per heavy atom. The fraction of sp³-hybridized carbons (Fsp3) is 0.556. The lowest BCUT2D eigenvalue weighted by molar-refractivity contribution is -0.134. The number of imidazole rings is 1. The summed E-state index contributed by atoms with van der Waals surface area (Å²) in [4.78, 5) is 29.0. The first-order valence-corrected chi connectivity index (χ1v) is 9.06. The molecule has 8 nitrogen and oxygen atoms in total. The van der Waals surface area contributed by atoms with Crippen molar-refractivity contribution in [2.45, 2.75) is 31.9 Å². The van der Waals surface area contributed by atoms with E-state index >= 15 is 0 Å². The molecule has 2 fully saturated rings. The summed E-state index contributed by atoms with van der Waals surface area (Å²) in [5, 5.41) is 10.4. The van der Waals surface area contributed by atoms with E-state index < -0.39 is 0 Å². The normalized spacial score (nSPS) is 22.6. The van der Waals surface area contributed by atoms with Gasteiger partial charge in [-0.3, -0.25) is 9.78 Å². The molecule has 138 valence electrons. The predicted octanol–water partition coefficient (Wildman–Crippen LogP) is 0.553. The second kappa shape index (κ2) is 7.03. The molecule has 0 bridgehead atoms. The van der Waals surface area contributed by atoms with Crippen molar-refractivity contribution in [3.8, 4) is 0 Å². The fourth-order valence-electron chi connectivity index (χ4n) is 4.21. The third-order valence-electron chi connectivity index (χ3n) is 5.55. The average Bonchev–Trinajstić information content (AvgIpc) is 3.15. The summed E-state index contributed by atoms with van der Waals surface area (Å²) in [5.41, 5.74) is 0.0287. The smallest absolute Gasteiger partial charge is 0.242 e. The van der Waals surface area contributed by atoms with Gasteiger partial charge in [-0.2, -0.15) is 0 Å². The quantitative estimate of drug-likeness (QED) is 0.864. The Kier molecular flexibility index (Phi) is 4.58. The summed E-state index contributed by atoms with van der Waals surface area (Å²) in [6, 6.07) is 0. The lowest BCUT2D eigenvalue weighted by atomic mass is 9.71. The summed E-state index contributed by atoms with van der Waals surface area (Å²) in [5.74, 6) is 0.934. The van der Waals surface area contributed by atoms with Gasteiger partial charge in [0.15, 0.2) is 0 Å². The highest BCUT2D eigenvalue weighted by Crippen LogP contribution is 2.40. The van der Waals surface area contributed by atoms with E-state index in [9.17, 15) is 9.90 Å². The van der Waals surface area contributed by atoms with E-state index in [1.165, 1.54) is 0 Å². The minimum Gasteiger partial charge on any atom is -0.391 e. The molecule has 2 saturated heterocycles. The van der Waals surface area contributed by atoms with Gasteiger partial charge in [-0.15, -0.1) is 0 Å². The number of hydrogen-bond donors (Lipinski definition) is 1. The summed E-state index contributed by atoms with van der Waals surface area (Å²) in [7, 11) is 0. The Hall–Kier alpha value is -2.48. The minimum absolute atomic E-state index is 0.0287. The van der Waals surface area contributed by atoms with Gasteiger partial charge in [0.25, 0.3) is 0 Å². The molecule has 1 amide bonds. The maximum absolute atomic E-state index is 12.5. The first kappa shape index (κ1) is 17.0. The number of aliphatic hydroxyl groups is 1. The highest BCUT2D eigenvalue weighted by Gasteiger charge is 2.42. The Bertz CT molecular complexity index is 727. The topological polar surface area (TPSA) is 87.4 Å². The van der Waals surface area contributed by atoms with Crippen LogP contribution in [0.1, 0.15) is 19.3 Å². The number of carbonyl (C=O) groups excluding carboxylic acids is 1. The van der Waals surface area contributed by atoms with Crippen LogP contribution in [0.4, 0.5) is 5.82 Å². The molecule has 0 aliphatic carbocycles. The maximum Gasteiger partial charge on any atom is 0.242 e. The van der Waals surface area contributed by atoms with Gasteiger partial charge in [-0.25, -0.2) is 9.97 Å². The summed E-state index contributed by atoms with van der Waals surface area (Å²) >= 11 is 0. The van der Waals surface area contributed by atoms with Crippen molar-refractivity contribution in [2.24, 2.45) is 5.41 Å². The lowest BCUT2D eigenvalue weighted by Crippen LogP contribution is -2.55. The van der Waals surface area contributed by atoms with Crippen LogP contribution in [0, 0.1) is 5.41 Å². The zero-order valence-electron chi connectivity index (χ0n) is 14.7. The third-order valence-corrected chi connectivity index (χ3v) is 5.55. The number of rotatable bonds is 3. The highest BCUT2D eigenvalue weighted by atomic mass is 16.3. The molecule has 2 aliphatic heterocycles. The number of hydrogen-bond acceptors (Lipinski definition) is 6. The van der Waals surface area contributed by atoms with Crippen molar-refractivity contribution < 1.29 is 9.90 Å². The number of amides is 1. The SMILES string of the molecule is O=C(Cn1ccnc1)N1CCC2(CC1)CC(O)CN(c1cnccn1)C2. The Morgan fingerprint density at radius 2 is 2.08 bits per heavy atom. The third kappa shape index (κ3) is 3.55. The largest absolute Gasteiger partial charge is 0.391 e. The van der Waals surface area contributed by atoms with Crippen molar-refractivity contribution in [3.05, 3.63) is 37.3 Å². The molecule has 8 heteroatoms. The molecule has 1 unspecified atom stereocenters. The van der Waals surface area contributed by atoms with Crippen molar-refractivity contribution in [2.75, 3.05) is 31.1 Å². The molecule has 1 N–H and O–H groups in total. The number of aromatic nitrogens is 4. The van der Waals surface area contributed by atoms with Crippen LogP contribution in [-0.2, 0) is 11.3 Å². The first-order valence-electron chi connectivity index (χ1n) is 9.06. The molecule has 2 aromatic rings. The van der Waals surface area contributed by atoms with Crippen molar-refractivity contribution in [1.82, 2.24) is 24.4 Å². The zero-order chi connectivity index (χ0) is 18.0. The van der Waals surface area contributed by atoms with Crippen LogP contribution in [0.2, 0.25) is 0 Å². The number of nitrogens with zero attached hydrogens (tertiary/aromatic N) is 6. The Balaban J connectivity index is 1.40. The molecule has 2 aromatic heterocycles. The second-order valence-electron chi connectivity index (χ2n) is 7.42. The molecular formula is C18H24N6O2. The second-order valence-corrected chi connectivity index (χ2v) is 7.42. The molecule has 1 atom stereocenters. The van der Waals surface area contributed by atoms with Crippen molar-refractivity contribution in [1.29, 1.82) is 0 Å². The molecule has 2 aliphatic rings. The average molecular weight is 356 g/mol. The monoisotopic (exact) mass is 356 g/mol. The Morgan fingerprint density at radius 1 is 1.23 bits per heavy atom. The maximum atomic E-state index is 12.5. The van der Waals surface area contributed by atoms with E-state index in [2.05, 4.69) is 19.9 Å². The van der Waals surface area contributed by atoms with Crippen LogP contribution in [-0.4, -0.2) is 67.7 Å². The van der Waals surface area contributed by atoms with Crippen LogP contribution < -0.4 is 4.90 Å². The van der Waals surface area contributed by atoms with Gasteiger partial charge in [-0.1, -0.05) is 0 Å². The van der Waals surface area contributed by atoms with E-state index in [0.29, 0.717) is 13.1 Å². The number of aliphatic hydroxyl groups excluding tert-OH is 1. The molecule has 1 spiro atoms. The van der Waals surface area contributed by atoms with Gasteiger partial charge in [0, 0.05) is 51.0 Å². The van der Waals surface area contributed by atoms with E-state index in [-0.39, 0.29) is 17.4 Å². The fourth-order valence-corrected chi connectivity index (χ4v) is 4.21. The summed E-state index contributed by atoms with van der Waals surface area (Å²) in [6.07, 6.45) is 12.4. The standard InChI is InChI=1S/C18H24N6O2/c25-15-9-18(13-24(11-15)16-10-19-3-4-21-16)1-6-23(7-2-18)17(26)12-22-8-5-20-14-22/h3-5,8,10,14-15,25H,1-2,6-7,9,11-13H2. The molecule has 26 heavy (non-hydrogen) atoms. The number of carbonyl (C=O) groups is 1. The van der Waals surface area contributed by atoms with Gasteiger partial charge in [-0.05, 0) is 24.7 Å². The van der Waals surface area contributed by atoms with Gasteiger partial charge < -0.3 is 19.5 Å². The van der Waals surface area contributed by atoms with Crippen LogP contribution in [0.15, 0.2) is 37.3 Å². The van der Waals surface area contributed by atoms with E-state index in [1.807, 2.05) is 4.90 Å². The molecule has 0 aromatic carbocycles. The molecule has 4 rings (SSSR count). The number of likely N-dealkylation sites (tertiary alicyclic amines) is 1. The lowest BCUT2D eigenvalue weighted by Gasteiger charge is -2.49. The van der Waals surface area contributed by atoms with E-state index in [4.69, 9.17) is 0 Å². The first-order chi connectivity index (χ1) is 12.6. The van der Waals surface area contributed by atoms with Crippen molar-refractivity contribution in [3.63, 3.8) is 0 Å². The van der Waals surface area contributed by atoms with Gasteiger partial charge in [0.1, 0.15) is 12.4 Å². The number of piperidine rings is 2. The molecular weight excluding hydrogens is 332 g/mol. The summed E-state index contributed by atoms with van der Waals surface area (Å²) in [6.45, 7) is 3.24. The van der Waals surface area contributed by atoms with Crippen LogP contribution in [0.25, 0.3) is 0 Å². The van der Waals surface area contributed by atoms with Gasteiger partial charge in [0.05, 0.1) is 18.6 Å².